The zero-order chi connectivity index (χ0) is 11.9. The molecule has 1 saturated heterocycles. The van der Waals surface area contributed by atoms with E-state index in [1.807, 2.05) is 18.7 Å². The Balaban J connectivity index is 2.33. The first-order valence-corrected chi connectivity index (χ1v) is 6.68. The van der Waals surface area contributed by atoms with Crippen LogP contribution in [0.2, 0.25) is 0 Å². The van der Waals surface area contributed by atoms with Gasteiger partial charge in [0.25, 0.3) is 0 Å². The molecule has 0 aromatic carbocycles. The highest BCUT2D eigenvalue weighted by molar-refractivity contribution is 8.00. The number of allylic oxidation sites excluding steroid dienone is 2. The van der Waals surface area contributed by atoms with E-state index in [1.54, 1.807) is 0 Å². The Morgan fingerprint density at radius 2 is 2.19 bits per heavy atom. The third-order valence-electron chi connectivity index (χ3n) is 3.26. The normalized spacial score (nSPS) is 32.8. The van der Waals surface area contributed by atoms with Crippen molar-refractivity contribution < 1.29 is 0 Å². The van der Waals surface area contributed by atoms with Gasteiger partial charge in [0.15, 0.2) is 0 Å². The molecule has 2 rings (SSSR count). The SMILES string of the molecule is CC1=CC2NC(C)(C)CSC2C(C)=C1C#N. The number of rotatable bonds is 0. The standard InChI is InChI=1S/C13H18N2S/c1-8-5-11-12(9(2)10(8)6-14)16-7-13(3,4)15-11/h5,11-12,15H,7H2,1-4H3. The van der Waals surface area contributed by atoms with Crippen LogP contribution in [0.5, 0.6) is 0 Å². The van der Waals surface area contributed by atoms with Gasteiger partial charge in [-0.2, -0.15) is 17.0 Å². The van der Waals surface area contributed by atoms with E-state index in [4.69, 9.17) is 5.26 Å². The van der Waals surface area contributed by atoms with E-state index >= 15 is 0 Å². The zero-order valence-electron chi connectivity index (χ0n) is 10.3. The second-order valence-electron chi connectivity index (χ2n) is 5.31. The van der Waals surface area contributed by atoms with E-state index in [0.29, 0.717) is 11.3 Å². The summed E-state index contributed by atoms with van der Waals surface area (Å²) in [4.78, 5) is 0. The van der Waals surface area contributed by atoms with Crippen molar-refractivity contribution in [1.82, 2.24) is 5.32 Å². The molecule has 0 bridgehead atoms. The Morgan fingerprint density at radius 3 is 2.81 bits per heavy atom. The maximum Gasteiger partial charge on any atom is 0.0994 e. The van der Waals surface area contributed by atoms with Crippen molar-refractivity contribution in [3.05, 3.63) is 22.8 Å². The maximum absolute atomic E-state index is 9.15. The van der Waals surface area contributed by atoms with E-state index in [1.165, 1.54) is 5.57 Å². The fourth-order valence-electron chi connectivity index (χ4n) is 2.48. The average molecular weight is 234 g/mol. The molecule has 3 heteroatoms. The molecule has 1 N–H and O–H groups in total. The van der Waals surface area contributed by atoms with Gasteiger partial charge in [0.1, 0.15) is 0 Å². The van der Waals surface area contributed by atoms with Crippen molar-refractivity contribution in [3.8, 4) is 6.07 Å². The molecule has 1 fully saturated rings. The number of nitriles is 1. The highest BCUT2D eigenvalue weighted by Crippen LogP contribution is 2.38. The molecule has 2 atom stereocenters. The number of nitrogens with one attached hydrogen (secondary N) is 1. The summed E-state index contributed by atoms with van der Waals surface area (Å²) in [6.45, 7) is 8.60. The van der Waals surface area contributed by atoms with Gasteiger partial charge in [0.2, 0.25) is 0 Å². The predicted molar refractivity (Wildman–Crippen MR) is 69.3 cm³/mol. The molecule has 0 aromatic heterocycles. The van der Waals surface area contributed by atoms with Crippen LogP contribution in [-0.4, -0.2) is 22.6 Å². The van der Waals surface area contributed by atoms with Crippen molar-refractivity contribution in [2.45, 2.75) is 44.5 Å². The minimum absolute atomic E-state index is 0.188. The van der Waals surface area contributed by atoms with Gasteiger partial charge >= 0.3 is 0 Å². The summed E-state index contributed by atoms with van der Waals surface area (Å²) in [5.41, 5.74) is 3.43. The summed E-state index contributed by atoms with van der Waals surface area (Å²) in [6, 6.07) is 2.71. The van der Waals surface area contributed by atoms with Crippen LogP contribution in [0.25, 0.3) is 0 Å². The van der Waals surface area contributed by atoms with Crippen molar-refractivity contribution in [3.63, 3.8) is 0 Å². The van der Waals surface area contributed by atoms with E-state index in [-0.39, 0.29) is 5.54 Å². The first kappa shape index (κ1) is 11.8. The van der Waals surface area contributed by atoms with E-state index in [0.717, 1.165) is 16.9 Å². The smallest absolute Gasteiger partial charge is 0.0994 e. The van der Waals surface area contributed by atoms with Gasteiger partial charge in [-0.1, -0.05) is 6.08 Å². The van der Waals surface area contributed by atoms with Gasteiger partial charge in [-0.05, 0) is 38.8 Å². The molecular weight excluding hydrogens is 216 g/mol. The van der Waals surface area contributed by atoms with Crippen LogP contribution in [0, 0.1) is 11.3 Å². The Labute approximate surface area is 102 Å². The van der Waals surface area contributed by atoms with Gasteiger partial charge in [0, 0.05) is 22.6 Å². The Hall–Kier alpha value is -0.720. The summed E-state index contributed by atoms with van der Waals surface area (Å²) in [7, 11) is 0. The Morgan fingerprint density at radius 1 is 1.50 bits per heavy atom. The first-order valence-electron chi connectivity index (χ1n) is 5.63. The third kappa shape index (κ3) is 1.92. The maximum atomic E-state index is 9.15. The molecule has 0 radical (unpaired) electrons. The molecule has 0 aromatic rings. The molecule has 2 unspecified atom stereocenters. The van der Waals surface area contributed by atoms with E-state index in [2.05, 4.69) is 38.2 Å². The third-order valence-corrected chi connectivity index (χ3v) is 5.16. The van der Waals surface area contributed by atoms with Gasteiger partial charge in [0.05, 0.1) is 11.6 Å². The lowest BCUT2D eigenvalue weighted by Crippen LogP contribution is -2.56. The van der Waals surface area contributed by atoms with Gasteiger partial charge in [-0.3, -0.25) is 0 Å². The van der Waals surface area contributed by atoms with Crippen LogP contribution < -0.4 is 5.32 Å². The summed E-state index contributed by atoms with van der Waals surface area (Å²) < 4.78 is 0. The van der Waals surface area contributed by atoms with Crippen LogP contribution in [-0.2, 0) is 0 Å². The molecule has 1 aliphatic heterocycles. The highest BCUT2D eigenvalue weighted by Gasteiger charge is 2.37. The van der Waals surface area contributed by atoms with Crippen molar-refractivity contribution >= 4 is 11.8 Å². The molecular formula is C13H18N2S. The monoisotopic (exact) mass is 234 g/mol. The van der Waals surface area contributed by atoms with Crippen molar-refractivity contribution in [1.29, 1.82) is 5.26 Å². The van der Waals surface area contributed by atoms with Crippen LogP contribution in [0.4, 0.5) is 0 Å². The fourth-order valence-corrected chi connectivity index (χ4v) is 3.88. The number of hydrogen-bond acceptors (Lipinski definition) is 3. The van der Waals surface area contributed by atoms with Gasteiger partial charge in [-0.25, -0.2) is 0 Å². The zero-order valence-corrected chi connectivity index (χ0v) is 11.1. The second-order valence-corrected chi connectivity index (χ2v) is 6.43. The number of hydrogen-bond donors (Lipinski definition) is 1. The fraction of sp³-hybridized carbons (Fsp3) is 0.615. The number of nitrogens with zero attached hydrogens (tertiary/aromatic N) is 1. The topological polar surface area (TPSA) is 35.8 Å². The lowest BCUT2D eigenvalue weighted by atomic mass is 9.88. The molecule has 0 amide bonds. The lowest BCUT2D eigenvalue weighted by molar-refractivity contribution is 0.383. The largest absolute Gasteiger partial charge is 0.303 e. The van der Waals surface area contributed by atoms with Crippen molar-refractivity contribution in [2.75, 3.05) is 5.75 Å². The summed E-state index contributed by atoms with van der Waals surface area (Å²) in [5, 5.41) is 13.2. The van der Waals surface area contributed by atoms with E-state index in [9.17, 15) is 0 Å². The predicted octanol–water partition coefficient (Wildman–Crippen LogP) is 2.64. The van der Waals surface area contributed by atoms with Crippen LogP contribution in [0.15, 0.2) is 22.8 Å². The lowest BCUT2D eigenvalue weighted by Gasteiger charge is -2.43. The van der Waals surface area contributed by atoms with Crippen LogP contribution in [0.3, 0.4) is 0 Å². The molecule has 0 spiro atoms. The number of thioether (sulfide) groups is 1. The van der Waals surface area contributed by atoms with Crippen LogP contribution >= 0.6 is 11.8 Å². The van der Waals surface area contributed by atoms with Gasteiger partial charge < -0.3 is 5.32 Å². The quantitative estimate of drug-likeness (QED) is 0.700. The molecule has 1 heterocycles. The molecule has 0 saturated carbocycles. The molecule has 86 valence electrons. The van der Waals surface area contributed by atoms with Crippen molar-refractivity contribution in [2.24, 2.45) is 0 Å². The average Bonchev–Trinajstić information content (AvgIpc) is 2.16. The molecule has 1 aliphatic carbocycles. The molecule has 2 nitrogen and oxygen atoms in total. The molecule has 2 aliphatic rings. The first-order chi connectivity index (χ1) is 7.44. The highest BCUT2D eigenvalue weighted by atomic mass is 32.2. The minimum atomic E-state index is 0.188. The second kappa shape index (κ2) is 3.94. The molecule has 16 heavy (non-hydrogen) atoms. The number of fused-ring (bicyclic) bond motifs is 1. The minimum Gasteiger partial charge on any atom is -0.303 e. The summed E-state index contributed by atoms with van der Waals surface area (Å²) >= 11 is 1.97. The Kier molecular flexibility index (Phi) is 2.90. The van der Waals surface area contributed by atoms with Crippen LogP contribution in [0.1, 0.15) is 27.7 Å². The summed E-state index contributed by atoms with van der Waals surface area (Å²) in [5.74, 6) is 1.09. The Bertz CT molecular complexity index is 412. The van der Waals surface area contributed by atoms with E-state index < -0.39 is 0 Å². The van der Waals surface area contributed by atoms with Gasteiger partial charge in [-0.15, -0.1) is 0 Å². The summed E-state index contributed by atoms with van der Waals surface area (Å²) in [6.07, 6.45) is 2.21.